The summed E-state index contributed by atoms with van der Waals surface area (Å²) in [6.45, 7) is 2.42. The molecule has 8 heteroatoms. The van der Waals surface area contributed by atoms with Gasteiger partial charge in [0.1, 0.15) is 5.75 Å². The molecule has 1 aromatic carbocycles. The van der Waals surface area contributed by atoms with Crippen molar-refractivity contribution in [3.8, 4) is 5.75 Å². The van der Waals surface area contributed by atoms with E-state index < -0.39 is 0 Å². The van der Waals surface area contributed by atoms with Gasteiger partial charge < -0.3 is 20.7 Å². The number of ether oxygens (including phenoxy) is 1. The van der Waals surface area contributed by atoms with Crippen LogP contribution in [0.25, 0.3) is 0 Å². The predicted molar refractivity (Wildman–Crippen MR) is 101 cm³/mol. The summed E-state index contributed by atoms with van der Waals surface area (Å²) in [5, 5.41) is 11.4. The van der Waals surface area contributed by atoms with E-state index in [2.05, 4.69) is 20.9 Å². The van der Waals surface area contributed by atoms with Crippen molar-refractivity contribution in [1.82, 2.24) is 15.6 Å². The van der Waals surface area contributed by atoms with Crippen LogP contribution in [0.3, 0.4) is 0 Å². The van der Waals surface area contributed by atoms with Crippen molar-refractivity contribution in [2.75, 3.05) is 19.0 Å². The minimum atomic E-state index is -0.351. The maximum absolute atomic E-state index is 12.2. The van der Waals surface area contributed by atoms with E-state index >= 15 is 0 Å². The number of methoxy groups -OCH3 is 1. The van der Waals surface area contributed by atoms with Crippen molar-refractivity contribution < 1.29 is 14.3 Å². The number of rotatable bonds is 7. The van der Waals surface area contributed by atoms with E-state index in [1.165, 1.54) is 7.11 Å². The zero-order valence-corrected chi connectivity index (χ0v) is 15.6. The lowest BCUT2D eigenvalue weighted by atomic mass is 10.1. The Kier molecular flexibility index (Phi) is 5.72. The largest absolute Gasteiger partial charge is 0.495 e. The molecule has 0 radical (unpaired) electrons. The summed E-state index contributed by atoms with van der Waals surface area (Å²) < 4.78 is 5.27. The van der Waals surface area contributed by atoms with Crippen molar-refractivity contribution in [2.45, 2.75) is 32.2 Å². The summed E-state index contributed by atoms with van der Waals surface area (Å²) in [5.74, 6) is 0.358. The third-order valence-electron chi connectivity index (χ3n) is 3.91. The highest BCUT2D eigenvalue weighted by atomic mass is 32.1. The molecule has 7 nitrogen and oxygen atoms in total. The van der Waals surface area contributed by atoms with Gasteiger partial charge in [-0.1, -0.05) is 0 Å². The molecule has 26 heavy (non-hydrogen) atoms. The van der Waals surface area contributed by atoms with Crippen molar-refractivity contribution in [3.63, 3.8) is 0 Å². The number of amides is 3. The van der Waals surface area contributed by atoms with Crippen LogP contribution in [0, 0.1) is 6.92 Å². The third kappa shape index (κ3) is 4.95. The molecular formula is C18H22N4O3S. The third-order valence-corrected chi connectivity index (χ3v) is 4.94. The number of aromatic nitrogens is 1. The lowest BCUT2D eigenvalue weighted by molar-refractivity contribution is 0.0951. The SMILES string of the molecule is COc1ccc(C(=O)NC2CC2)cc1NC(=O)NCCc1nc(C)cs1. The molecule has 3 rings (SSSR count). The molecule has 2 aromatic rings. The van der Waals surface area contributed by atoms with Crippen LogP contribution in [0.1, 0.15) is 33.9 Å². The molecule has 0 saturated heterocycles. The summed E-state index contributed by atoms with van der Waals surface area (Å²) in [6.07, 6.45) is 2.72. The average Bonchev–Trinajstić information content (AvgIpc) is 3.34. The minimum absolute atomic E-state index is 0.141. The summed E-state index contributed by atoms with van der Waals surface area (Å²) in [7, 11) is 1.52. The van der Waals surface area contributed by atoms with Crippen LogP contribution in [-0.2, 0) is 6.42 Å². The second kappa shape index (κ2) is 8.18. The maximum atomic E-state index is 12.2. The topological polar surface area (TPSA) is 92.4 Å². The standard InChI is InChI=1S/C18H22N4O3S/c1-11-10-26-16(20-11)7-8-19-18(24)22-14-9-12(3-6-15(14)25-2)17(23)21-13-4-5-13/h3,6,9-10,13H,4-5,7-8H2,1-2H3,(H,21,23)(H2,19,22,24). The molecule has 0 unspecified atom stereocenters. The Bertz CT molecular complexity index is 801. The molecule has 3 N–H and O–H groups in total. The van der Waals surface area contributed by atoms with Crippen LogP contribution in [0.4, 0.5) is 10.5 Å². The van der Waals surface area contributed by atoms with Crippen LogP contribution in [0.5, 0.6) is 5.75 Å². The zero-order chi connectivity index (χ0) is 18.5. The van der Waals surface area contributed by atoms with Crippen molar-refractivity contribution in [3.05, 3.63) is 39.8 Å². The monoisotopic (exact) mass is 374 g/mol. The number of carbonyl (C=O) groups excluding carboxylic acids is 2. The molecule has 1 aromatic heterocycles. The Morgan fingerprint density at radius 2 is 2.15 bits per heavy atom. The summed E-state index contributed by atoms with van der Waals surface area (Å²) in [5.41, 5.74) is 1.94. The number of carbonyl (C=O) groups is 2. The Morgan fingerprint density at radius 3 is 2.81 bits per heavy atom. The van der Waals surface area contributed by atoms with Gasteiger partial charge in [0.25, 0.3) is 5.91 Å². The number of aryl methyl sites for hydroxylation is 1. The first-order valence-electron chi connectivity index (χ1n) is 8.50. The number of anilines is 1. The fourth-order valence-electron chi connectivity index (χ4n) is 2.41. The Hall–Kier alpha value is -2.61. The van der Waals surface area contributed by atoms with Crippen molar-refractivity contribution in [1.29, 1.82) is 0 Å². The normalized spacial score (nSPS) is 13.2. The van der Waals surface area contributed by atoms with Gasteiger partial charge in [-0.3, -0.25) is 4.79 Å². The maximum Gasteiger partial charge on any atom is 0.319 e. The van der Waals surface area contributed by atoms with Crippen molar-refractivity contribution in [2.24, 2.45) is 0 Å². The quantitative estimate of drug-likeness (QED) is 0.695. The van der Waals surface area contributed by atoms with Gasteiger partial charge in [-0.15, -0.1) is 11.3 Å². The number of benzene rings is 1. The first-order valence-corrected chi connectivity index (χ1v) is 9.38. The number of thiazole rings is 1. The van der Waals surface area contributed by atoms with Crippen LogP contribution in [0.2, 0.25) is 0 Å². The lowest BCUT2D eigenvalue weighted by Gasteiger charge is -2.13. The molecule has 0 aliphatic heterocycles. The fourth-order valence-corrected chi connectivity index (χ4v) is 3.19. The molecule has 3 amide bonds. The minimum Gasteiger partial charge on any atom is -0.495 e. The first-order chi connectivity index (χ1) is 12.5. The summed E-state index contributed by atoms with van der Waals surface area (Å²) >= 11 is 1.58. The number of hydrogen-bond donors (Lipinski definition) is 3. The van der Waals surface area contributed by atoms with E-state index in [1.807, 2.05) is 12.3 Å². The predicted octanol–water partition coefficient (Wildman–Crippen LogP) is 2.72. The number of hydrogen-bond acceptors (Lipinski definition) is 5. The highest BCUT2D eigenvalue weighted by Gasteiger charge is 2.24. The Balaban J connectivity index is 1.57. The lowest BCUT2D eigenvalue weighted by Crippen LogP contribution is -2.31. The number of nitrogens with one attached hydrogen (secondary N) is 3. The second-order valence-electron chi connectivity index (χ2n) is 6.18. The summed E-state index contributed by atoms with van der Waals surface area (Å²) in [4.78, 5) is 28.7. The first kappa shape index (κ1) is 18.2. The molecule has 1 aliphatic carbocycles. The molecule has 0 bridgehead atoms. The van der Waals surface area contributed by atoms with Gasteiger partial charge in [0.2, 0.25) is 0 Å². The van der Waals surface area contributed by atoms with E-state index in [0.29, 0.717) is 30.0 Å². The van der Waals surface area contributed by atoms with E-state index in [1.54, 1.807) is 29.5 Å². The molecule has 1 saturated carbocycles. The average molecular weight is 374 g/mol. The van der Waals surface area contributed by atoms with E-state index in [4.69, 9.17) is 4.74 Å². The summed E-state index contributed by atoms with van der Waals surface area (Å²) in [6, 6.07) is 4.91. The number of urea groups is 1. The van der Waals surface area contributed by atoms with Gasteiger partial charge in [-0.2, -0.15) is 0 Å². The van der Waals surface area contributed by atoms with Crippen molar-refractivity contribution >= 4 is 29.0 Å². The van der Waals surface area contributed by atoms with E-state index in [0.717, 1.165) is 23.5 Å². The molecule has 0 atom stereocenters. The molecule has 1 fully saturated rings. The van der Waals surface area contributed by atoms with Crippen LogP contribution in [0.15, 0.2) is 23.6 Å². The van der Waals surface area contributed by atoms with Gasteiger partial charge in [-0.25, -0.2) is 9.78 Å². The second-order valence-corrected chi connectivity index (χ2v) is 7.12. The van der Waals surface area contributed by atoms with Crippen LogP contribution in [-0.4, -0.2) is 36.6 Å². The molecule has 0 spiro atoms. The van der Waals surface area contributed by atoms with Gasteiger partial charge in [0.05, 0.1) is 17.8 Å². The van der Waals surface area contributed by atoms with Crippen LogP contribution < -0.4 is 20.7 Å². The highest BCUT2D eigenvalue weighted by molar-refractivity contribution is 7.09. The molecular weight excluding hydrogens is 352 g/mol. The van der Waals surface area contributed by atoms with Gasteiger partial charge in [-0.05, 0) is 38.0 Å². The Morgan fingerprint density at radius 1 is 1.35 bits per heavy atom. The van der Waals surface area contributed by atoms with Gasteiger partial charge in [0.15, 0.2) is 0 Å². The van der Waals surface area contributed by atoms with Gasteiger partial charge in [0, 0.05) is 35.6 Å². The highest BCUT2D eigenvalue weighted by Crippen LogP contribution is 2.26. The number of nitrogens with zero attached hydrogens (tertiary/aromatic N) is 1. The zero-order valence-electron chi connectivity index (χ0n) is 14.8. The molecule has 138 valence electrons. The Labute approximate surface area is 156 Å². The van der Waals surface area contributed by atoms with E-state index in [9.17, 15) is 9.59 Å². The van der Waals surface area contributed by atoms with E-state index in [-0.39, 0.29) is 18.0 Å². The fraction of sp³-hybridized carbons (Fsp3) is 0.389. The van der Waals surface area contributed by atoms with Gasteiger partial charge >= 0.3 is 6.03 Å². The van der Waals surface area contributed by atoms with Crippen LogP contribution >= 0.6 is 11.3 Å². The molecule has 1 aliphatic rings. The smallest absolute Gasteiger partial charge is 0.319 e. The molecule has 1 heterocycles.